The Morgan fingerprint density at radius 2 is 2.47 bits per heavy atom. The number of thioether (sulfide) groups is 1. The van der Waals surface area contributed by atoms with Gasteiger partial charge < -0.3 is 15.8 Å². The summed E-state index contributed by atoms with van der Waals surface area (Å²) in [5.74, 6) is -0.219. The van der Waals surface area contributed by atoms with Gasteiger partial charge in [0.2, 0.25) is 0 Å². The summed E-state index contributed by atoms with van der Waals surface area (Å²) in [4.78, 5) is 29.0. The summed E-state index contributed by atoms with van der Waals surface area (Å²) < 4.78 is 0. The van der Waals surface area contributed by atoms with Crippen LogP contribution in [0.4, 0.5) is 0 Å². The molecule has 0 aromatic carbocycles. The number of aromatic nitrogens is 2. The summed E-state index contributed by atoms with van der Waals surface area (Å²) in [7, 11) is 0. The van der Waals surface area contributed by atoms with E-state index in [9.17, 15) is 14.7 Å². The predicted octanol–water partition coefficient (Wildman–Crippen LogP) is 0.834. The van der Waals surface area contributed by atoms with Crippen LogP contribution in [0.1, 0.15) is 25.7 Å². The van der Waals surface area contributed by atoms with Crippen molar-refractivity contribution in [2.45, 2.75) is 36.4 Å². The summed E-state index contributed by atoms with van der Waals surface area (Å²) in [6, 6.07) is 1.36. The number of hydrogen-bond donors (Lipinski definition) is 3. The molecule has 1 fully saturated rings. The molecule has 4 N–H and O–H groups in total. The minimum atomic E-state index is -1.09. The van der Waals surface area contributed by atoms with Crippen molar-refractivity contribution in [1.82, 2.24) is 9.97 Å². The molecule has 0 saturated heterocycles. The van der Waals surface area contributed by atoms with Crippen LogP contribution in [-0.2, 0) is 4.79 Å². The third kappa shape index (κ3) is 3.16. The Morgan fingerprint density at radius 3 is 3.16 bits per heavy atom. The quantitative estimate of drug-likeness (QED) is 0.545. The van der Waals surface area contributed by atoms with Gasteiger partial charge >= 0.3 is 5.97 Å². The minimum absolute atomic E-state index is 0.00654. The van der Waals surface area contributed by atoms with Crippen molar-refractivity contribution in [1.29, 1.82) is 0 Å². The van der Waals surface area contributed by atoms with E-state index in [1.165, 1.54) is 24.0 Å². The van der Waals surface area contributed by atoms with E-state index in [1.54, 1.807) is 0 Å². The molecule has 2 rings (SSSR count). The highest BCUT2D eigenvalue weighted by atomic mass is 32.2. The number of carboxylic acid groups (broad SMARTS) is 1. The van der Waals surface area contributed by atoms with Crippen LogP contribution in [0.15, 0.2) is 22.2 Å². The molecule has 1 aromatic heterocycles. The monoisotopic (exact) mass is 283 g/mol. The second-order valence-electron chi connectivity index (χ2n) is 4.81. The van der Waals surface area contributed by atoms with Crippen LogP contribution in [-0.4, -0.2) is 32.3 Å². The molecule has 7 heteroatoms. The maximum atomic E-state index is 11.2. The van der Waals surface area contributed by atoms with Gasteiger partial charge in [-0.25, -0.2) is 4.98 Å². The van der Waals surface area contributed by atoms with Crippen molar-refractivity contribution in [3.63, 3.8) is 0 Å². The first-order chi connectivity index (χ1) is 9.02. The van der Waals surface area contributed by atoms with Crippen molar-refractivity contribution in [3.05, 3.63) is 22.6 Å². The molecule has 1 aliphatic carbocycles. The van der Waals surface area contributed by atoms with Crippen LogP contribution in [0.5, 0.6) is 0 Å². The van der Waals surface area contributed by atoms with Crippen LogP contribution in [0, 0.1) is 5.92 Å². The van der Waals surface area contributed by atoms with E-state index >= 15 is 0 Å². The van der Waals surface area contributed by atoms with Gasteiger partial charge in [-0.1, -0.05) is 18.2 Å². The number of carbonyl (C=O) groups is 1. The fraction of sp³-hybridized carbons (Fsp3) is 0.583. The standard InChI is InChI=1S/C12H17N3O3S/c13-12(10(17)18)5-1-2-8(12)4-7-19-11-14-6-3-9(16)15-11/h3,6,8H,1-2,4-5,7,13H2,(H,17,18)(H,14,15,16). The zero-order chi connectivity index (χ0) is 13.9. The summed E-state index contributed by atoms with van der Waals surface area (Å²) >= 11 is 1.42. The van der Waals surface area contributed by atoms with Crippen LogP contribution < -0.4 is 11.3 Å². The van der Waals surface area contributed by atoms with Gasteiger partial charge in [-0.3, -0.25) is 9.59 Å². The molecule has 2 atom stereocenters. The zero-order valence-corrected chi connectivity index (χ0v) is 11.3. The first kappa shape index (κ1) is 14.1. The number of rotatable bonds is 5. The number of carboxylic acids is 1. The smallest absolute Gasteiger partial charge is 0.323 e. The Hall–Kier alpha value is -1.34. The average molecular weight is 283 g/mol. The molecule has 0 radical (unpaired) electrons. The minimum Gasteiger partial charge on any atom is -0.480 e. The van der Waals surface area contributed by atoms with E-state index in [2.05, 4.69) is 9.97 Å². The number of aliphatic carboxylic acids is 1. The second-order valence-corrected chi connectivity index (χ2v) is 5.89. The summed E-state index contributed by atoms with van der Waals surface area (Å²) in [5, 5.41) is 9.76. The second kappa shape index (κ2) is 5.75. The predicted molar refractivity (Wildman–Crippen MR) is 72.1 cm³/mol. The van der Waals surface area contributed by atoms with E-state index in [0.29, 0.717) is 23.8 Å². The lowest BCUT2D eigenvalue weighted by atomic mass is 9.86. The summed E-state index contributed by atoms with van der Waals surface area (Å²) in [6.07, 6.45) is 4.42. The Morgan fingerprint density at radius 1 is 1.68 bits per heavy atom. The zero-order valence-electron chi connectivity index (χ0n) is 10.5. The van der Waals surface area contributed by atoms with Gasteiger partial charge in [-0.05, 0) is 25.2 Å². The Kier molecular flexibility index (Phi) is 4.26. The van der Waals surface area contributed by atoms with Gasteiger partial charge in [0.1, 0.15) is 5.54 Å². The highest BCUT2D eigenvalue weighted by Gasteiger charge is 2.45. The topological polar surface area (TPSA) is 109 Å². The van der Waals surface area contributed by atoms with Gasteiger partial charge in [0.15, 0.2) is 5.16 Å². The van der Waals surface area contributed by atoms with Crippen LogP contribution >= 0.6 is 11.8 Å². The lowest BCUT2D eigenvalue weighted by molar-refractivity contribution is -0.144. The molecule has 2 unspecified atom stereocenters. The van der Waals surface area contributed by atoms with Gasteiger partial charge in [0.05, 0.1) is 0 Å². The van der Waals surface area contributed by atoms with E-state index in [-0.39, 0.29) is 11.5 Å². The Balaban J connectivity index is 1.89. The molecule has 1 saturated carbocycles. The lowest BCUT2D eigenvalue weighted by Gasteiger charge is -2.26. The third-order valence-corrected chi connectivity index (χ3v) is 4.54. The molecule has 0 spiro atoms. The molecule has 104 valence electrons. The van der Waals surface area contributed by atoms with Crippen molar-refractivity contribution in [3.8, 4) is 0 Å². The van der Waals surface area contributed by atoms with Crippen molar-refractivity contribution >= 4 is 17.7 Å². The fourth-order valence-corrected chi connectivity index (χ4v) is 3.41. The average Bonchev–Trinajstić information content (AvgIpc) is 2.73. The van der Waals surface area contributed by atoms with E-state index in [1.807, 2.05) is 0 Å². The molecular weight excluding hydrogens is 266 g/mol. The first-order valence-corrected chi connectivity index (χ1v) is 7.21. The number of nitrogens with one attached hydrogen (secondary N) is 1. The van der Waals surface area contributed by atoms with Crippen LogP contribution in [0.25, 0.3) is 0 Å². The third-order valence-electron chi connectivity index (χ3n) is 3.62. The number of hydrogen-bond acceptors (Lipinski definition) is 5. The van der Waals surface area contributed by atoms with Gasteiger partial charge in [0, 0.05) is 18.0 Å². The Labute approximate surface area is 114 Å². The van der Waals surface area contributed by atoms with Gasteiger partial charge in [-0.15, -0.1) is 0 Å². The molecule has 0 amide bonds. The van der Waals surface area contributed by atoms with Crippen molar-refractivity contribution in [2.24, 2.45) is 11.7 Å². The van der Waals surface area contributed by atoms with E-state index in [0.717, 1.165) is 12.8 Å². The number of nitrogens with two attached hydrogens (primary N) is 1. The summed E-state index contributed by atoms with van der Waals surface area (Å²) in [5.41, 5.74) is 4.70. The highest BCUT2D eigenvalue weighted by Crippen LogP contribution is 2.37. The largest absolute Gasteiger partial charge is 0.480 e. The van der Waals surface area contributed by atoms with E-state index < -0.39 is 11.5 Å². The molecule has 0 aliphatic heterocycles. The van der Waals surface area contributed by atoms with Crippen LogP contribution in [0.2, 0.25) is 0 Å². The molecule has 1 aromatic rings. The number of aromatic amines is 1. The van der Waals surface area contributed by atoms with Crippen LogP contribution in [0.3, 0.4) is 0 Å². The van der Waals surface area contributed by atoms with Crippen molar-refractivity contribution in [2.75, 3.05) is 5.75 Å². The van der Waals surface area contributed by atoms with E-state index in [4.69, 9.17) is 5.73 Å². The molecule has 19 heavy (non-hydrogen) atoms. The number of nitrogens with zero attached hydrogens (tertiary/aromatic N) is 1. The molecule has 1 aliphatic rings. The lowest BCUT2D eigenvalue weighted by Crippen LogP contribution is -2.51. The SMILES string of the molecule is NC1(C(=O)O)CCCC1CCSc1nccc(=O)[nH]1. The highest BCUT2D eigenvalue weighted by molar-refractivity contribution is 7.99. The molecule has 1 heterocycles. The molecule has 0 bridgehead atoms. The normalized spacial score (nSPS) is 26.5. The fourth-order valence-electron chi connectivity index (χ4n) is 2.51. The van der Waals surface area contributed by atoms with Gasteiger partial charge in [-0.2, -0.15) is 0 Å². The maximum Gasteiger partial charge on any atom is 0.323 e. The summed E-state index contributed by atoms with van der Waals surface area (Å²) in [6.45, 7) is 0. The molecule has 6 nitrogen and oxygen atoms in total. The Bertz CT molecular complexity index is 519. The first-order valence-electron chi connectivity index (χ1n) is 6.23. The maximum absolute atomic E-state index is 11.2. The molecular formula is C12H17N3O3S. The van der Waals surface area contributed by atoms with Crippen molar-refractivity contribution < 1.29 is 9.90 Å². The number of H-pyrrole nitrogens is 1. The van der Waals surface area contributed by atoms with Gasteiger partial charge in [0.25, 0.3) is 5.56 Å².